The van der Waals surface area contributed by atoms with Crippen molar-refractivity contribution in [3.05, 3.63) is 26.4 Å². The maximum absolute atomic E-state index is 12.2. The summed E-state index contributed by atoms with van der Waals surface area (Å²) in [5.74, 6) is -0.273. The lowest BCUT2D eigenvalue weighted by molar-refractivity contribution is 0.0393. The van der Waals surface area contributed by atoms with Crippen molar-refractivity contribution in [2.75, 3.05) is 26.3 Å². The molecule has 1 saturated heterocycles. The zero-order valence-corrected chi connectivity index (χ0v) is 14.0. The highest BCUT2D eigenvalue weighted by Crippen LogP contribution is 2.30. The SMILES string of the molecule is CC(=NN1CCOCC1)c1c(O)n(C2CCCCC2)c(=O)[nH]c1=O. The Labute approximate surface area is 139 Å². The molecule has 0 radical (unpaired) electrons. The van der Waals surface area contributed by atoms with Gasteiger partial charge >= 0.3 is 5.69 Å². The molecule has 0 bridgehead atoms. The molecule has 2 N–H and O–H groups in total. The van der Waals surface area contributed by atoms with Gasteiger partial charge in [-0.05, 0) is 19.8 Å². The first-order valence-electron chi connectivity index (χ1n) is 8.54. The molecule has 0 atom stereocenters. The number of aromatic hydroxyl groups is 1. The number of nitrogens with one attached hydrogen (secondary N) is 1. The molecule has 0 unspecified atom stereocenters. The summed E-state index contributed by atoms with van der Waals surface area (Å²) in [6, 6.07) is -0.0713. The van der Waals surface area contributed by atoms with E-state index in [9.17, 15) is 14.7 Å². The first kappa shape index (κ1) is 16.8. The first-order chi connectivity index (χ1) is 11.6. The topological polar surface area (TPSA) is 99.9 Å². The number of aromatic nitrogens is 2. The fraction of sp³-hybridized carbons (Fsp3) is 0.688. The molecule has 24 heavy (non-hydrogen) atoms. The zero-order valence-electron chi connectivity index (χ0n) is 14.0. The maximum atomic E-state index is 12.2. The minimum Gasteiger partial charge on any atom is -0.494 e. The summed E-state index contributed by atoms with van der Waals surface area (Å²) in [4.78, 5) is 26.8. The van der Waals surface area contributed by atoms with E-state index in [0.29, 0.717) is 32.0 Å². The van der Waals surface area contributed by atoms with Crippen LogP contribution in [-0.4, -0.2) is 51.7 Å². The van der Waals surface area contributed by atoms with Crippen LogP contribution in [0, 0.1) is 0 Å². The lowest BCUT2D eigenvalue weighted by Gasteiger charge is -2.26. The summed E-state index contributed by atoms with van der Waals surface area (Å²) in [7, 11) is 0. The monoisotopic (exact) mass is 336 g/mol. The van der Waals surface area contributed by atoms with Gasteiger partial charge in [-0.25, -0.2) is 4.79 Å². The Morgan fingerprint density at radius 2 is 1.88 bits per heavy atom. The second-order valence-electron chi connectivity index (χ2n) is 6.37. The van der Waals surface area contributed by atoms with Crippen LogP contribution >= 0.6 is 0 Å². The number of hydrogen-bond acceptors (Lipinski definition) is 6. The van der Waals surface area contributed by atoms with Gasteiger partial charge in [0.05, 0.1) is 32.0 Å². The van der Waals surface area contributed by atoms with Crippen LogP contribution in [0.15, 0.2) is 14.7 Å². The molecule has 2 heterocycles. The normalized spacial score (nSPS) is 20.4. The first-order valence-corrected chi connectivity index (χ1v) is 8.54. The minimum atomic E-state index is -0.598. The van der Waals surface area contributed by atoms with Gasteiger partial charge in [0.15, 0.2) is 0 Å². The van der Waals surface area contributed by atoms with Crippen LogP contribution in [0.4, 0.5) is 0 Å². The van der Waals surface area contributed by atoms with E-state index in [1.165, 1.54) is 4.57 Å². The molecule has 0 amide bonds. The smallest absolute Gasteiger partial charge is 0.331 e. The highest BCUT2D eigenvalue weighted by atomic mass is 16.5. The molecule has 1 saturated carbocycles. The minimum absolute atomic E-state index is 0.0713. The zero-order chi connectivity index (χ0) is 17.1. The van der Waals surface area contributed by atoms with Gasteiger partial charge in [-0.15, -0.1) is 0 Å². The summed E-state index contributed by atoms with van der Waals surface area (Å²) >= 11 is 0. The van der Waals surface area contributed by atoms with Crippen molar-refractivity contribution in [3.63, 3.8) is 0 Å². The van der Waals surface area contributed by atoms with E-state index in [2.05, 4.69) is 10.1 Å². The van der Waals surface area contributed by atoms with Crippen molar-refractivity contribution >= 4 is 5.71 Å². The van der Waals surface area contributed by atoms with Gasteiger partial charge in [-0.2, -0.15) is 5.10 Å². The molecule has 1 aliphatic heterocycles. The molecular weight excluding hydrogens is 312 g/mol. The standard InChI is InChI=1S/C16H24N4O4/c1-11(18-19-7-9-24-10-8-19)13-14(21)17-16(23)20(15(13)22)12-5-3-2-4-6-12/h12,22H,2-10H2,1H3,(H,17,21,23). The van der Waals surface area contributed by atoms with Gasteiger partial charge in [0.2, 0.25) is 5.88 Å². The van der Waals surface area contributed by atoms with Crippen LogP contribution < -0.4 is 11.2 Å². The fourth-order valence-electron chi connectivity index (χ4n) is 3.46. The molecule has 132 valence electrons. The fourth-order valence-corrected chi connectivity index (χ4v) is 3.46. The third-order valence-corrected chi connectivity index (χ3v) is 4.70. The Kier molecular flexibility index (Phi) is 5.03. The van der Waals surface area contributed by atoms with Crippen LogP contribution in [0.2, 0.25) is 0 Å². The van der Waals surface area contributed by atoms with Gasteiger partial charge in [0.25, 0.3) is 5.56 Å². The molecule has 0 spiro atoms. The number of hydrazone groups is 1. The Morgan fingerprint density at radius 1 is 1.21 bits per heavy atom. The second kappa shape index (κ2) is 7.21. The summed E-state index contributed by atoms with van der Waals surface area (Å²) in [6.45, 7) is 4.12. The van der Waals surface area contributed by atoms with Gasteiger partial charge in [-0.3, -0.25) is 19.4 Å². The van der Waals surface area contributed by atoms with Crippen LogP contribution in [0.1, 0.15) is 50.6 Å². The highest BCUT2D eigenvalue weighted by Gasteiger charge is 2.24. The summed E-state index contributed by atoms with van der Waals surface area (Å²) < 4.78 is 6.60. The molecule has 0 aromatic carbocycles. The molecule has 1 aromatic rings. The van der Waals surface area contributed by atoms with Crippen LogP contribution in [0.5, 0.6) is 5.88 Å². The molecular formula is C16H24N4O4. The number of hydrogen-bond donors (Lipinski definition) is 2. The number of aromatic amines is 1. The van der Waals surface area contributed by atoms with E-state index in [-0.39, 0.29) is 17.5 Å². The molecule has 8 heteroatoms. The van der Waals surface area contributed by atoms with E-state index in [4.69, 9.17) is 4.74 Å². The highest BCUT2D eigenvalue weighted by molar-refractivity contribution is 6.00. The summed E-state index contributed by atoms with van der Waals surface area (Å²) in [6.07, 6.45) is 4.84. The summed E-state index contributed by atoms with van der Waals surface area (Å²) in [5.41, 5.74) is -0.668. The van der Waals surface area contributed by atoms with Crippen LogP contribution in [0.25, 0.3) is 0 Å². The molecule has 1 aromatic heterocycles. The molecule has 8 nitrogen and oxygen atoms in total. The largest absolute Gasteiger partial charge is 0.494 e. The van der Waals surface area contributed by atoms with Crippen molar-refractivity contribution in [3.8, 4) is 5.88 Å². The second-order valence-corrected chi connectivity index (χ2v) is 6.37. The van der Waals surface area contributed by atoms with Gasteiger partial charge in [-0.1, -0.05) is 19.3 Å². The van der Waals surface area contributed by atoms with Gasteiger partial charge in [0.1, 0.15) is 5.56 Å². The Balaban J connectivity index is 1.99. The Morgan fingerprint density at radius 3 is 2.54 bits per heavy atom. The number of ether oxygens (including phenoxy) is 1. The van der Waals surface area contributed by atoms with Crippen molar-refractivity contribution < 1.29 is 9.84 Å². The van der Waals surface area contributed by atoms with Crippen LogP contribution in [-0.2, 0) is 4.74 Å². The number of nitrogens with zero attached hydrogens (tertiary/aromatic N) is 3. The third kappa shape index (κ3) is 3.38. The third-order valence-electron chi connectivity index (χ3n) is 4.70. The van der Waals surface area contributed by atoms with Crippen molar-refractivity contribution in [2.24, 2.45) is 5.10 Å². The van der Waals surface area contributed by atoms with E-state index in [1.807, 2.05) is 5.01 Å². The predicted octanol–water partition coefficient (Wildman–Crippen LogP) is 0.804. The number of morpholine rings is 1. The van der Waals surface area contributed by atoms with E-state index >= 15 is 0 Å². The molecule has 2 aliphatic rings. The van der Waals surface area contributed by atoms with Crippen molar-refractivity contribution in [1.29, 1.82) is 0 Å². The average Bonchev–Trinajstić information content (AvgIpc) is 2.56. The maximum Gasteiger partial charge on any atom is 0.331 e. The lowest BCUT2D eigenvalue weighted by Crippen LogP contribution is -2.37. The van der Waals surface area contributed by atoms with Crippen molar-refractivity contribution in [1.82, 2.24) is 14.6 Å². The van der Waals surface area contributed by atoms with Crippen molar-refractivity contribution in [2.45, 2.75) is 45.1 Å². The Hall–Kier alpha value is -2.09. The van der Waals surface area contributed by atoms with E-state index in [0.717, 1.165) is 32.1 Å². The van der Waals surface area contributed by atoms with Gasteiger partial charge < -0.3 is 9.84 Å². The summed E-state index contributed by atoms with van der Waals surface area (Å²) in [5, 5.41) is 16.9. The average molecular weight is 336 g/mol. The van der Waals surface area contributed by atoms with Crippen LogP contribution in [0.3, 0.4) is 0 Å². The molecule has 3 rings (SSSR count). The molecule has 2 fully saturated rings. The Bertz CT molecular complexity index is 725. The quantitative estimate of drug-likeness (QED) is 0.796. The molecule has 1 aliphatic carbocycles. The van der Waals surface area contributed by atoms with E-state index < -0.39 is 11.2 Å². The number of rotatable bonds is 3. The van der Waals surface area contributed by atoms with E-state index in [1.54, 1.807) is 6.92 Å². The number of H-pyrrole nitrogens is 1. The predicted molar refractivity (Wildman–Crippen MR) is 89.7 cm³/mol. The van der Waals surface area contributed by atoms with Gasteiger partial charge in [0, 0.05) is 6.04 Å². The lowest BCUT2D eigenvalue weighted by atomic mass is 9.95.